The smallest absolute Gasteiger partial charge is 0.248 e. The Hall–Kier alpha value is -2.32. The van der Waals surface area contributed by atoms with Gasteiger partial charge in [0, 0.05) is 26.2 Å². The van der Waals surface area contributed by atoms with Gasteiger partial charge in [0.15, 0.2) is 11.5 Å². The molecule has 1 aromatic rings. The summed E-state index contributed by atoms with van der Waals surface area (Å²) in [4.78, 5) is 30.3. The first-order valence-corrected chi connectivity index (χ1v) is 11.3. The molecular weight excluding hydrogens is 398 g/mol. The van der Waals surface area contributed by atoms with Gasteiger partial charge in [-0.25, -0.2) is 0 Å². The molecule has 2 atom stereocenters. The van der Waals surface area contributed by atoms with E-state index in [4.69, 9.17) is 9.47 Å². The average molecular weight is 432 g/mol. The largest absolute Gasteiger partial charge is 0.486 e. The van der Waals surface area contributed by atoms with Crippen LogP contribution in [-0.2, 0) is 16.1 Å². The van der Waals surface area contributed by atoms with Crippen molar-refractivity contribution in [1.82, 2.24) is 15.1 Å². The van der Waals surface area contributed by atoms with Crippen LogP contribution in [0.1, 0.15) is 39.2 Å². The van der Waals surface area contributed by atoms with Crippen molar-refractivity contribution < 1.29 is 24.2 Å². The van der Waals surface area contributed by atoms with Crippen molar-refractivity contribution in [2.45, 2.75) is 57.8 Å². The highest BCUT2D eigenvalue weighted by Gasteiger charge is 2.54. The third-order valence-electron chi connectivity index (χ3n) is 6.79. The molecule has 3 heterocycles. The molecule has 0 aromatic heterocycles. The lowest BCUT2D eigenvalue weighted by Crippen LogP contribution is -2.74. The fourth-order valence-electron chi connectivity index (χ4n) is 4.94. The molecular formula is C23H33N3O5. The number of aliphatic hydroxyl groups excluding tert-OH is 1. The molecule has 2 fully saturated rings. The number of nitrogens with one attached hydrogen (secondary N) is 1. The zero-order valence-corrected chi connectivity index (χ0v) is 18.6. The van der Waals surface area contributed by atoms with Crippen LogP contribution in [0.3, 0.4) is 0 Å². The highest BCUT2D eigenvalue weighted by atomic mass is 16.6. The second-order valence-corrected chi connectivity index (χ2v) is 9.05. The number of hydrogen-bond acceptors (Lipinski definition) is 6. The molecule has 0 unspecified atom stereocenters. The van der Waals surface area contributed by atoms with Crippen LogP contribution in [0.5, 0.6) is 11.5 Å². The number of likely N-dealkylation sites (tertiary alicyclic amines) is 1. The molecule has 2 N–H and O–H groups in total. The molecule has 170 valence electrons. The summed E-state index contributed by atoms with van der Waals surface area (Å²) in [5.74, 6) is 1.12. The Morgan fingerprint density at radius 3 is 2.48 bits per heavy atom. The Bertz CT molecular complexity index is 835. The summed E-state index contributed by atoms with van der Waals surface area (Å²) >= 11 is 0. The Labute approximate surface area is 183 Å². The minimum Gasteiger partial charge on any atom is -0.486 e. The van der Waals surface area contributed by atoms with E-state index in [2.05, 4.69) is 10.2 Å². The maximum absolute atomic E-state index is 13.2. The summed E-state index contributed by atoms with van der Waals surface area (Å²) < 4.78 is 11.3. The molecule has 0 radical (unpaired) electrons. The summed E-state index contributed by atoms with van der Waals surface area (Å²) in [5, 5.41) is 13.3. The predicted molar refractivity (Wildman–Crippen MR) is 115 cm³/mol. The monoisotopic (exact) mass is 431 g/mol. The average Bonchev–Trinajstić information content (AvgIpc) is 2.77. The fourth-order valence-corrected chi connectivity index (χ4v) is 4.94. The number of piperazine rings is 1. The van der Waals surface area contributed by atoms with Gasteiger partial charge in [0.05, 0.1) is 6.10 Å². The lowest BCUT2D eigenvalue weighted by molar-refractivity contribution is -0.165. The highest BCUT2D eigenvalue weighted by Crippen LogP contribution is 2.35. The van der Waals surface area contributed by atoms with Crippen LogP contribution in [0.15, 0.2) is 18.2 Å². The molecule has 0 bridgehead atoms. The van der Waals surface area contributed by atoms with E-state index in [1.54, 1.807) is 4.90 Å². The number of aliphatic hydroxyl groups is 1. The molecule has 31 heavy (non-hydrogen) atoms. The van der Waals surface area contributed by atoms with Gasteiger partial charge in [-0.1, -0.05) is 19.9 Å². The molecule has 2 amide bonds. The highest BCUT2D eigenvalue weighted by molar-refractivity contribution is 6.00. The Morgan fingerprint density at radius 2 is 1.84 bits per heavy atom. The number of fused-ring (bicyclic) bond motifs is 1. The standard InChI is InChI=1S/C23H33N3O5/c1-4-26-21(28)19(20(27)15(2)3)24-22(29)23(26)7-9-25(10-8-23)14-16-5-6-17-18(13-16)31-12-11-30-17/h5-6,13,15,19-20,27H,4,7-12,14H2,1-3H3,(H,24,29)/t19-,20-/m1/s1. The van der Waals surface area contributed by atoms with Crippen LogP contribution in [0.4, 0.5) is 0 Å². The van der Waals surface area contributed by atoms with Crippen LogP contribution >= 0.6 is 0 Å². The van der Waals surface area contributed by atoms with Gasteiger partial charge in [0.25, 0.3) is 0 Å². The Morgan fingerprint density at radius 1 is 1.16 bits per heavy atom. The van der Waals surface area contributed by atoms with Crippen LogP contribution in [0.2, 0.25) is 0 Å². The molecule has 4 rings (SSSR count). The van der Waals surface area contributed by atoms with Crippen molar-refractivity contribution in [2.24, 2.45) is 5.92 Å². The van der Waals surface area contributed by atoms with Gasteiger partial charge >= 0.3 is 0 Å². The SMILES string of the molecule is CCN1C(=O)[C@@H]([C@H](O)C(C)C)NC(=O)C12CCN(Cc1ccc3c(c1)OCCO3)CC2. The summed E-state index contributed by atoms with van der Waals surface area (Å²) in [5.41, 5.74) is 0.305. The van der Waals surface area contributed by atoms with E-state index in [0.717, 1.165) is 23.6 Å². The van der Waals surface area contributed by atoms with Gasteiger partial charge in [-0.05, 0) is 43.4 Å². The molecule has 1 spiro atoms. The number of amides is 2. The summed E-state index contributed by atoms with van der Waals surface area (Å²) in [6.45, 7) is 9.36. The topological polar surface area (TPSA) is 91.3 Å². The molecule has 8 nitrogen and oxygen atoms in total. The zero-order valence-electron chi connectivity index (χ0n) is 18.6. The zero-order chi connectivity index (χ0) is 22.2. The van der Waals surface area contributed by atoms with Crippen molar-refractivity contribution in [3.63, 3.8) is 0 Å². The lowest BCUT2D eigenvalue weighted by Gasteiger charge is -2.52. The van der Waals surface area contributed by atoms with Crippen LogP contribution in [0.25, 0.3) is 0 Å². The van der Waals surface area contributed by atoms with Crippen molar-refractivity contribution in [3.8, 4) is 11.5 Å². The predicted octanol–water partition coefficient (Wildman–Crippen LogP) is 1.16. The van der Waals surface area contributed by atoms with E-state index >= 15 is 0 Å². The molecule has 3 aliphatic rings. The number of carbonyl (C=O) groups excluding carboxylic acids is 2. The Balaban J connectivity index is 1.44. The van der Waals surface area contributed by atoms with E-state index in [9.17, 15) is 14.7 Å². The number of carbonyl (C=O) groups is 2. The van der Waals surface area contributed by atoms with Crippen molar-refractivity contribution >= 4 is 11.8 Å². The van der Waals surface area contributed by atoms with Gasteiger partial charge in [-0.2, -0.15) is 0 Å². The number of benzene rings is 1. The van der Waals surface area contributed by atoms with Crippen LogP contribution < -0.4 is 14.8 Å². The minimum absolute atomic E-state index is 0.116. The number of nitrogens with zero attached hydrogens (tertiary/aromatic N) is 2. The summed E-state index contributed by atoms with van der Waals surface area (Å²) in [7, 11) is 0. The van der Waals surface area contributed by atoms with Crippen LogP contribution in [-0.4, -0.2) is 77.3 Å². The molecule has 3 aliphatic heterocycles. The summed E-state index contributed by atoms with van der Waals surface area (Å²) in [6.07, 6.45) is 0.263. The van der Waals surface area contributed by atoms with Gasteiger partial charge in [0.1, 0.15) is 24.8 Å². The number of ether oxygens (including phenoxy) is 2. The number of likely N-dealkylation sites (N-methyl/N-ethyl adjacent to an activating group) is 1. The molecule has 8 heteroatoms. The van der Waals surface area contributed by atoms with Crippen molar-refractivity contribution in [2.75, 3.05) is 32.8 Å². The van der Waals surface area contributed by atoms with E-state index in [1.807, 2.05) is 39.0 Å². The van der Waals surface area contributed by atoms with Gasteiger partial charge < -0.3 is 24.8 Å². The van der Waals surface area contributed by atoms with Gasteiger partial charge in [0.2, 0.25) is 11.8 Å². The fraction of sp³-hybridized carbons (Fsp3) is 0.652. The van der Waals surface area contributed by atoms with Crippen LogP contribution in [0, 0.1) is 5.92 Å². The molecule has 0 saturated carbocycles. The van der Waals surface area contributed by atoms with E-state index < -0.39 is 17.7 Å². The molecule has 1 aromatic carbocycles. The first-order chi connectivity index (χ1) is 14.9. The lowest BCUT2D eigenvalue weighted by atomic mass is 9.80. The van der Waals surface area contributed by atoms with E-state index in [0.29, 0.717) is 45.7 Å². The molecule has 0 aliphatic carbocycles. The first-order valence-electron chi connectivity index (χ1n) is 11.3. The van der Waals surface area contributed by atoms with E-state index in [-0.39, 0.29) is 17.7 Å². The Kier molecular flexibility index (Phi) is 6.12. The maximum atomic E-state index is 13.2. The normalized spacial score (nSPS) is 24.4. The number of piperidine rings is 1. The van der Waals surface area contributed by atoms with Gasteiger partial charge in [-0.3, -0.25) is 14.5 Å². The first kappa shape index (κ1) is 21.9. The summed E-state index contributed by atoms with van der Waals surface area (Å²) in [6, 6.07) is 5.15. The minimum atomic E-state index is -0.891. The second kappa shape index (κ2) is 8.67. The number of rotatable bonds is 5. The third-order valence-corrected chi connectivity index (χ3v) is 6.79. The van der Waals surface area contributed by atoms with Crippen molar-refractivity contribution in [3.05, 3.63) is 23.8 Å². The van der Waals surface area contributed by atoms with Gasteiger partial charge in [-0.15, -0.1) is 0 Å². The van der Waals surface area contributed by atoms with Crippen molar-refractivity contribution in [1.29, 1.82) is 0 Å². The van der Waals surface area contributed by atoms with E-state index in [1.165, 1.54) is 0 Å². The second-order valence-electron chi connectivity index (χ2n) is 9.05. The number of hydrogen-bond donors (Lipinski definition) is 2. The maximum Gasteiger partial charge on any atom is 0.248 e. The third kappa shape index (κ3) is 3.99. The molecule has 2 saturated heterocycles. The quantitative estimate of drug-likeness (QED) is 0.727.